The smallest absolute Gasteiger partial charge is 0.242 e. The Bertz CT molecular complexity index is 620. The molecule has 0 aromatic carbocycles. The van der Waals surface area contributed by atoms with Crippen LogP contribution in [0.4, 0.5) is 0 Å². The second kappa shape index (κ2) is 6.98. The van der Waals surface area contributed by atoms with Gasteiger partial charge < -0.3 is 10.3 Å². The van der Waals surface area contributed by atoms with Gasteiger partial charge in [0.2, 0.25) is 10.0 Å². The highest BCUT2D eigenvalue weighted by Crippen LogP contribution is 2.12. The van der Waals surface area contributed by atoms with E-state index in [4.69, 9.17) is 0 Å². The summed E-state index contributed by atoms with van der Waals surface area (Å²) in [7, 11) is -3.48. The van der Waals surface area contributed by atoms with Gasteiger partial charge in [0.25, 0.3) is 0 Å². The van der Waals surface area contributed by atoms with Crippen LogP contribution >= 0.6 is 11.3 Å². The molecule has 0 aliphatic heterocycles. The number of sulfonamides is 1. The van der Waals surface area contributed by atoms with Crippen molar-refractivity contribution >= 4 is 21.4 Å². The lowest BCUT2D eigenvalue weighted by Gasteiger charge is -2.02. The number of rotatable bonds is 8. The van der Waals surface area contributed by atoms with Crippen LogP contribution in [0.5, 0.6) is 0 Å². The minimum atomic E-state index is -3.48. The van der Waals surface area contributed by atoms with Crippen LogP contribution in [0.25, 0.3) is 0 Å². The number of nitrogens with zero attached hydrogens (tertiary/aromatic N) is 1. The summed E-state index contributed by atoms with van der Waals surface area (Å²) in [6.07, 6.45) is 4.21. The van der Waals surface area contributed by atoms with Crippen molar-refractivity contribution in [3.05, 3.63) is 34.5 Å². The third kappa shape index (κ3) is 4.14. The molecule has 2 aromatic heterocycles. The number of thiazole rings is 1. The lowest BCUT2D eigenvalue weighted by Crippen LogP contribution is -2.22. The Morgan fingerprint density at radius 2 is 2.25 bits per heavy atom. The Balaban J connectivity index is 1.95. The number of hydrogen-bond donors (Lipinski definition) is 3. The van der Waals surface area contributed by atoms with E-state index >= 15 is 0 Å². The lowest BCUT2D eigenvalue weighted by molar-refractivity contribution is 0.582. The zero-order chi connectivity index (χ0) is 14.4. The first-order valence-electron chi connectivity index (χ1n) is 6.37. The summed E-state index contributed by atoms with van der Waals surface area (Å²) >= 11 is 1.42. The van der Waals surface area contributed by atoms with E-state index in [2.05, 4.69) is 26.9 Å². The van der Waals surface area contributed by atoms with Gasteiger partial charge in [0.1, 0.15) is 0 Å². The first-order valence-corrected chi connectivity index (χ1v) is 8.73. The average molecular weight is 314 g/mol. The van der Waals surface area contributed by atoms with Gasteiger partial charge in [0.15, 0.2) is 0 Å². The van der Waals surface area contributed by atoms with Crippen molar-refractivity contribution in [1.82, 2.24) is 20.0 Å². The largest absolute Gasteiger partial charge is 0.363 e. The second-order valence-electron chi connectivity index (χ2n) is 4.33. The molecule has 110 valence electrons. The van der Waals surface area contributed by atoms with Gasteiger partial charge in [-0.25, -0.2) is 13.1 Å². The van der Waals surface area contributed by atoms with Gasteiger partial charge in [-0.2, -0.15) is 0 Å². The van der Waals surface area contributed by atoms with E-state index in [0.717, 1.165) is 23.5 Å². The highest BCUT2D eigenvalue weighted by Gasteiger charge is 2.15. The summed E-state index contributed by atoms with van der Waals surface area (Å²) in [6, 6.07) is 1.65. The third-order valence-corrected chi connectivity index (χ3v) is 4.85. The molecule has 2 rings (SSSR count). The monoisotopic (exact) mass is 314 g/mol. The highest BCUT2D eigenvalue weighted by atomic mass is 32.2. The summed E-state index contributed by atoms with van der Waals surface area (Å²) in [4.78, 5) is 8.03. The van der Waals surface area contributed by atoms with Crippen molar-refractivity contribution in [3.8, 4) is 0 Å². The Kier molecular flexibility index (Phi) is 5.30. The van der Waals surface area contributed by atoms with E-state index in [1.165, 1.54) is 17.5 Å². The fraction of sp³-hybridized carbons (Fsp3) is 0.417. The topological polar surface area (TPSA) is 86.9 Å². The zero-order valence-electron chi connectivity index (χ0n) is 11.2. The molecule has 2 heterocycles. The second-order valence-corrected chi connectivity index (χ2v) is 7.07. The van der Waals surface area contributed by atoms with Crippen molar-refractivity contribution in [3.63, 3.8) is 0 Å². The van der Waals surface area contributed by atoms with Crippen molar-refractivity contribution in [2.45, 2.75) is 31.3 Å². The van der Waals surface area contributed by atoms with Crippen LogP contribution in [0.1, 0.15) is 23.9 Å². The van der Waals surface area contributed by atoms with Crippen LogP contribution < -0.4 is 10.0 Å². The quantitative estimate of drug-likeness (QED) is 0.644. The maximum Gasteiger partial charge on any atom is 0.242 e. The normalized spacial score (nSPS) is 11.8. The van der Waals surface area contributed by atoms with E-state index < -0.39 is 10.0 Å². The van der Waals surface area contributed by atoms with Crippen LogP contribution in [0, 0.1) is 0 Å². The van der Waals surface area contributed by atoms with Gasteiger partial charge in [0.05, 0.1) is 10.4 Å². The van der Waals surface area contributed by atoms with E-state index in [-0.39, 0.29) is 11.4 Å². The number of hydrogen-bond acceptors (Lipinski definition) is 5. The maximum atomic E-state index is 12.1. The third-order valence-electron chi connectivity index (χ3n) is 2.69. The highest BCUT2D eigenvalue weighted by molar-refractivity contribution is 7.89. The standard InChI is InChI=1S/C12H18N4O2S2/c1-2-3-13-5-10-4-12(8-15-10)20(17,18)16-7-11-6-14-9-19-11/h4,6,8-9,13,15-16H,2-3,5,7H2,1H3. The molecule has 0 saturated heterocycles. The van der Waals surface area contributed by atoms with Gasteiger partial charge in [-0.3, -0.25) is 4.98 Å². The minimum absolute atomic E-state index is 0.260. The summed E-state index contributed by atoms with van der Waals surface area (Å²) in [6.45, 7) is 3.89. The number of H-pyrrole nitrogens is 1. The van der Waals surface area contributed by atoms with Gasteiger partial charge in [0, 0.05) is 36.1 Å². The Morgan fingerprint density at radius 3 is 2.95 bits per heavy atom. The first kappa shape index (κ1) is 15.2. The van der Waals surface area contributed by atoms with Gasteiger partial charge in [-0.1, -0.05) is 6.92 Å². The van der Waals surface area contributed by atoms with Crippen molar-refractivity contribution in [1.29, 1.82) is 0 Å². The summed E-state index contributed by atoms with van der Waals surface area (Å²) in [5.41, 5.74) is 2.54. The molecule has 3 N–H and O–H groups in total. The van der Waals surface area contributed by atoms with Gasteiger partial charge >= 0.3 is 0 Å². The van der Waals surface area contributed by atoms with Crippen molar-refractivity contribution in [2.75, 3.05) is 6.54 Å². The van der Waals surface area contributed by atoms with Crippen LogP contribution in [-0.2, 0) is 23.1 Å². The van der Waals surface area contributed by atoms with E-state index in [9.17, 15) is 8.42 Å². The molecule has 8 heteroatoms. The molecule has 0 spiro atoms. The molecule has 0 unspecified atom stereocenters. The van der Waals surface area contributed by atoms with Crippen LogP contribution in [-0.4, -0.2) is 24.9 Å². The van der Waals surface area contributed by atoms with Crippen LogP contribution in [0.2, 0.25) is 0 Å². The number of aromatic amines is 1. The minimum Gasteiger partial charge on any atom is -0.363 e. The SMILES string of the molecule is CCCNCc1cc(S(=O)(=O)NCc2cncs2)c[nH]1. The van der Waals surface area contributed by atoms with E-state index in [0.29, 0.717) is 6.54 Å². The predicted octanol–water partition coefficient (Wildman–Crippen LogP) is 1.45. The lowest BCUT2D eigenvalue weighted by atomic mass is 10.4. The summed E-state index contributed by atoms with van der Waals surface area (Å²) in [5.74, 6) is 0. The fourth-order valence-corrected chi connectivity index (χ4v) is 3.30. The molecule has 0 saturated carbocycles. The number of nitrogens with one attached hydrogen (secondary N) is 3. The molecule has 20 heavy (non-hydrogen) atoms. The summed E-state index contributed by atoms with van der Waals surface area (Å²) in [5, 5.41) is 3.22. The van der Waals surface area contributed by atoms with E-state index in [1.807, 2.05) is 0 Å². The Morgan fingerprint density at radius 1 is 1.40 bits per heavy atom. The molecule has 2 aromatic rings. The van der Waals surface area contributed by atoms with Crippen molar-refractivity contribution < 1.29 is 8.42 Å². The number of aromatic nitrogens is 2. The molecule has 6 nitrogen and oxygen atoms in total. The summed E-state index contributed by atoms with van der Waals surface area (Å²) < 4.78 is 26.8. The fourth-order valence-electron chi connectivity index (χ4n) is 1.65. The molecule has 0 aliphatic carbocycles. The molecule has 0 fully saturated rings. The van der Waals surface area contributed by atoms with Crippen molar-refractivity contribution in [2.24, 2.45) is 0 Å². The Labute approximate surface area is 122 Å². The molecule has 0 amide bonds. The molecular weight excluding hydrogens is 296 g/mol. The van der Waals surface area contributed by atoms with E-state index in [1.54, 1.807) is 17.8 Å². The van der Waals surface area contributed by atoms with Crippen LogP contribution in [0.3, 0.4) is 0 Å². The predicted molar refractivity (Wildman–Crippen MR) is 78.9 cm³/mol. The molecule has 0 aliphatic rings. The molecule has 0 bridgehead atoms. The van der Waals surface area contributed by atoms with Gasteiger partial charge in [-0.05, 0) is 19.0 Å². The molecular formula is C12H18N4O2S2. The average Bonchev–Trinajstić information content (AvgIpc) is 3.08. The molecule has 0 atom stereocenters. The molecule has 0 radical (unpaired) electrons. The zero-order valence-corrected chi connectivity index (χ0v) is 12.9. The maximum absolute atomic E-state index is 12.1. The van der Waals surface area contributed by atoms with Gasteiger partial charge in [-0.15, -0.1) is 11.3 Å². The Hall–Kier alpha value is -1.22. The van der Waals surface area contributed by atoms with Crippen LogP contribution in [0.15, 0.2) is 28.9 Å². The first-order chi connectivity index (χ1) is 9.62.